The molecule has 2 aromatic rings. The smallest absolute Gasteiger partial charge is 0.227 e. The molecule has 0 radical (unpaired) electrons. The van der Waals surface area contributed by atoms with Crippen LogP contribution < -0.4 is 16.0 Å². The minimum absolute atomic E-state index is 0.503. The zero-order valence-corrected chi connectivity index (χ0v) is 10.7. The van der Waals surface area contributed by atoms with Gasteiger partial charge in [0, 0.05) is 0 Å². The number of hydrogen-bond acceptors (Lipinski definition) is 5. The molecule has 0 saturated carbocycles. The number of aryl methyl sites for hydroxylation is 2. The molecule has 0 unspecified atom stereocenters. The van der Waals surface area contributed by atoms with E-state index < -0.39 is 0 Å². The topological polar surface area (TPSA) is 73.1 Å². The Bertz CT molecular complexity index is 549. The highest BCUT2D eigenvalue weighted by Gasteiger charge is 2.08. The molecule has 18 heavy (non-hydrogen) atoms. The fraction of sp³-hybridized carbons (Fsp3) is 0.231. The number of hydrazine groups is 1. The van der Waals surface area contributed by atoms with E-state index in [1.807, 2.05) is 32.9 Å². The van der Waals surface area contributed by atoms with Crippen LogP contribution in [0.4, 0.5) is 5.82 Å². The van der Waals surface area contributed by atoms with Gasteiger partial charge in [-0.1, -0.05) is 6.07 Å². The van der Waals surface area contributed by atoms with Gasteiger partial charge < -0.3 is 10.2 Å². The molecule has 0 amide bonds. The van der Waals surface area contributed by atoms with Crippen molar-refractivity contribution in [3.05, 3.63) is 41.2 Å². The summed E-state index contributed by atoms with van der Waals surface area (Å²) in [6.07, 6.45) is 1.42. The molecule has 3 N–H and O–H groups in total. The van der Waals surface area contributed by atoms with E-state index in [1.165, 1.54) is 6.33 Å². The number of nitrogens with zero attached hydrogens (tertiary/aromatic N) is 2. The fourth-order valence-corrected chi connectivity index (χ4v) is 1.79. The molecule has 0 aliphatic rings. The first-order valence-corrected chi connectivity index (χ1v) is 5.64. The molecule has 1 aromatic heterocycles. The number of nitrogens with two attached hydrogens (primary N) is 1. The molecule has 94 valence electrons. The lowest BCUT2D eigenvalue weighted by molar-refractivity contribution is 0.457. The summed E-state index contributed by atoms with van der Waals surface area (Å²) in [7, 11) is 0. The summed E-state index contributed by atoms with van der Waals surface area (Å²) in [5.74, 6) is 7.19. The zero-order chi connectivity index (χ0) is 13.1. The van der Waals surface area contributed by atoms with E-state index in [0.717, 1.165) is 22.4 Å². The SMILES string of the molecule is Cc1cc(C)cc(Oc2ncnc(NN)c2C)c1. The van der Waals surface area contributed by atoms with E-state index in [4.69, 9.17) is 10.6 Å². The van der Waals surface area contributed by atoms with Crippen molar-refractivity contribution in [3.63, 3.8) is 0 Å². The monoisotopic (exact) mass is 244 g/mol. The lowest BCUT2D eigenvalue weighted by atomic mass is 10.1. The predicted octanol–water partition coefficient (Wildman–Crippen LogP) is 2.48. The molecule has 0 aliphatic carbocycles. The molecule has 0 saturated heterocycles. The van der Waals surface area contributed by atoms with Crippen LogP contribution in [0, 0.1) is 20.8 Å². The average molecular weight is 244 g/mol. The molecule has 0 bridgehead atoms. The number of anilines is 1. The minimum atomic E-state index is 0.503. The van der Waals surface area contributed by atoms with Crippen LogP contribution in [-0.4, -0.2) is 9.97 Å². The van der Waals surface area contributed by atoms with Gasteiger partial charge in [0.25, 0.3) is 0 Å². The Hall–Kier alpha value is -2.14. The lowest BCUT2D eigenvalue weighted by Gasteiger charge is -2.10. The van der Waals surface area contributed by atoms with Crippen molar-refractivity contribution >= 4 is 5.82 Å². The molecular formula is C13H16N4O. The highest BCUT2D eigenvalue weighted by atomic mass is 16.5. The van der Waals surface area contributed by atoms with Gasteiger partial charge in [0.15, 0.2) is 0 Å². The van der Waals surface area contributed by atoms with Crippen LogP contribution in [0.2, 0.25) is 0 Å². The normalized spacial score (nSPS) is 10.2. The number of rotatable bonds is 3. The van der Waals surface area contributed by atoms with E-state index >= 15 is 0 Å². The van der Waals surface area contributed by atoms with E-state index in [2.05, 4.69) is 21.5 Å². The van der Waals surface area contributed by atoms with Crippen LogP contribution in [0.1, 0.15) is 16.7 Å². The summed E-state index contributed by atoms with van der Waals surface area (Å²) in [6, 6.07) is 6.01. The van der Waals surface area contributed by atoms with E-state index in [-0.39, 0.29) is 0 Å². The zero-order valence-electron chi connectivity index (χ0n) is 10.7. The first kappa shape index (κ1) is 12.3. The van der Waals surface area contributed by atoms with Crippen molar-refractivity contribution in [3.8, 4) is 11.6 Å². The van der Waals surface area contributed by atoms with Crippen molar-refractivity contribution < 1.29 is 4.74 Å². The predicted molar refractivity (Wildman–Crippen MR) is 70.6 cm³/mol. The number of benzene rings is 1. The molecule has 1 heterocycles. The Morgan fingerprint density at radius 1 is 1.06 bits per heavy atom. The van der Waals surface area contributed by atoms with Gasteiger partial charge >= 0.3 is 0 Å². The second-order valence-corrected chi connectivity index (χ2v) is 4.22. The highest BCUT2D eigenvalue weighted by molar-refractivity contribution is 5.48. The van der Waals surface area contributed by atoms with Crippen LogP contribution in [0.5, 0.6) is 11.6 Å². The Morgan fingerprint density at radius 3 is 2.33 bits per heavy atom. The Morgan fingerprint density at radius 2 is 1.72 bits per heavy atom. The molecule has 2 rings (SSSR count). The second-order valence-electron chi connectivity index (χ2n) is 4.22. The van der Waals surface area contributed by atoms with Crippen molar-refractivity contribution in [2.75, 3.05) is 5.43 Å². The summed E-state index contributed by atoms with van der Waals surface area (Å²) in [5.41, 5.74) is 5.58. The van der Waals surface area contributed by atoms with Crippen LogP contribution in [-0.2, 0) is 0 Å². The Labute approximate surface area is 106 Å². The third kappa shape index (κ3) is 2.57. The summed E-state index contributed by atoms with van der Waals surface area (Å²) in [5, 5.41) is 0. The fourth-order valence-electron chi connectivity index (χ4n) is 1.79. The Kier molecular flexibility index (Phi) is 3.43. The third-order valence-corrected chi connectivity index (χ3v) is 2.58. The maximum Gasteiger partial charge on any atom is 0.227 e. The van der Waals surface area contributed by atoms with Gasteiger partial charge in [0.05, 0.1) is 5.56 Å². The summed E-state index contributed by atoms with van der Waals surface area (Å²) in [4.78, 5) is 8.12. The number of ether oxygens (including phenoxy) is 1. The van der Waals surface area contributed by atoms with Gasteiger partial charge in [-0.25, -0.2) is 15.8 Å². The molecule has 0 atom stereocenters. The van der Waals surface area contributed by atoms with Crippen molar-refractivity contribution in [2.24, 2.45) is 5.84 Å². The van der Waals surface area contributed by atoms with E-state index in [9.17, 15) is 0 Å². The van der Waals surface area contributed by atoms with Gasteiger partial charge in [-0.15, -0.1) is 0 Å². The van der Waals surface area contributed by atoms with Gasteiger partial charge in [-0.05, 0) is 44.0 Å². The van der Waals surface area contributed by atoms with Gasteiger partial charge in [0.1, 0.15) is 17.9 Å². The highest BCUT2D eigenvalue weighted by Crippen LogP contribution is 2.26. The maximum atomic E-state index is 5.77. The first-order valence-electron chi connectivity index (χ1n) is 5.64. The second kappa shape index (κ2) is 5.01. The number of nitrogens with one attached hydrogen (secondary N) is 1. The molecule has 0 fully saturated rings. The van der Waals surface area contributed by atoms with Crippen LogP contribution >= 0.6 is 0 Å². The number of hydrogen-bond donors (Lipinski definition) is 2. The maximum absolute atomic E-state index is 5.77. The van der Waals surface area contributed by atoms with Gasteiger partial charge in [-0.3, -0.25) is 0 Å². The molecule has 5 heteroatoms. The van der Waals surface area contributed by atoms with Crippen LogP contribution in [0.25, 0.3) is 0 Å². The van der Waals surface area contributed by atoms with Crippen molar-refractivity contribution in [1.82, 2.24) is 9.97 Å². The summed E-state index contributed by atoms with van der Waals surface area (Å²) in [6.45, 7) is 5.91. The average Bonchev–Trinajstić information content (AvgIpc) is 2.30. The van der Waals surface area contributed by atoms with Crippen molar-refractivity contribution in [1.29, 1.82) is 0 Å². The van der Waals surface area contributed by atoms with Gasteiger partial charge in [0.2, 0.25) is 5.88 Å². The van der Waals surface area contributed by atoms with Crippen LogP contribution in [0.3, 0.4) is 0 Å². The molecule has 0 spiro atoms. The lowest BCUT2D eigenvalue weighted by Crippen LogP contribution is -2.11. The Balaban J connectivity index is 2.34. The van der Waals surface area contributed by atoms with E-state index in [1.54, 1.807) is 0 Å². The molecular weight excluding hydrogens is 228 g/mol. The summed E-state index contributed by atoms with van der Waals surface area (Å²) < 4.78 is 5.77. The van der Waals surface area contributed by atoms with Gasteiger partial charge in [-0.2, -0.15) is 0 Å². The quantitative estimate of drug-likeness (QED) is 0.641. The van der Waals surface area contributed by atoms with Crippen molar-refractivity contribution in [2.45, 2.75) is 20.8 Å². The first-order chi connectivity index (χ1) is 8.60. The minimum Gasteiger partial charge on any atom is -0.439 e. The van der Waals surface area contributed by atoms with Crippen LogP contribution in [0.15, 0.2) is 24.5 Å². The third-order valence-electron chi connectivity index (χ3n) is 2.58. The number of nitrogen functional groups attached to an aromatic ring is 1. The molecule has 5 nitrogen and oxygen atoms in total. The molecule has 1 aromatic carbocycles. The van der Waals surface area contributed by atoms with E-state index in [0.29, 0.717) is 11.7 Å². The number of aromatic nitrogens is 2. The standard InChI is InChI=1S/C13H16N4O/c1-8-4-9(2)6-11(5-8)18-13-10(3)12(17-14)15-7-16-13/h4-7H,14H2,1-3H3,(H,15,16,17). The summed E-state index contributed by atoms with van der Waals surface area (Å²) >= 11 is 0. The largest absolute Gasteiger partial charge is 0.439 e. The molecule has 0 aliphatic heterocycles.